The lowest BCUT2D eigenvalue weighted by atomic mass is 10.0. The number of hydrogen-bond acceptors (Lipinski definition) is 6. The second-order valence-corrected chi connectivity index (χ2v) is 11.3. The molecule has 0 aliphatic heterocycles. The van der Waals surface area contributed by atoms with Gasteiger partial charge in [-0.15, -0.1) is 5.10 Å². The SMILES string of the molecule is CCOC(=O)c1cnn(-c2cccc(-c3cccc(OCc4ccc(-c5ccccc5)cc4)c3)c2)c1[C@H]1C[C@@H]1c1cn(C)nn1. The Balaban J connectivity index is 1.12. The number of carbonyl (C=O) groups excluding carboxylic acids is 1. The maximum atomic E-state index is 12.9. The Morgan fingerprint density at radius 3 is 2.33 bits per heavy atom. The Labute approximate surface area is 261 Å². The monoisotopic (exact) mass is 595 g/mol. The number of carbonyl (C=O) groups is 1. The molecule has 2 aromatic heterocycles. The second kappa shape index (κ2) is 12.2. The van der Waals surface area contributed by atoms with Crippen molar-refractivity contribution in [1.29, 1.82) is 0 Å². The highest BCUT2D eigenvalue weighted by molar-refractivity contribution is 5.91. The zero-order valence-corrected chi connectivity index (χ0v) is 25.2. The standard InChI is InChI=1S/C37H33N5O3/c1-3-44-37(43)34-22-38-42(36(34)33-21-32(33)35-23-41(2)40-39-35)30-13-7-11-28(19-30)29-12-8-14-31(20-29)45-24-25-15-17-27(18-16-25)26-9-5-4-6-10-26/h4-20,22-23,32-33H,3,21,24H2,1-2H3/t32-,33-/m0/s1. The van der Waals surface area contributed by atoms with E-state index < -0.39 is 0 Å². The third kappa shape index (κ3) is 5.99. The Kier molecular flexibility index (Phi) is 7.69. The molecule has 0 N–H and O–H groups in total. The Morgan fingerprint density at radius 2 is 1.58 bits per heavy atom. The van der Waals surface area contributed by atoms with Gasteiger partial charge in [-0.25, -0.2) is 9.48 Å². The zero-order chi connectivity index (χ0) is 30.8. The van der Waals surface area contributed by atoms with E-state index in [2.05, 4.69) is 76.1 Å². The van der Waals surface area contributed by atoms with Crippen LogP contribution < -0.4 is 4.74 Å². The van der Waals surface area contributed by atoms with Crippen molar-refractivity contribution in [2.75, 3.05) is 6.61 Å². The highest BCUT2D eigenvalue weighted by Crippen LogP contribution is 2.55. The molecule has 8 nitrogen and oxygen atoms in total. The quantitative estimate of drug-likeness (QED) is 0.154. The molecule has 2 atom stereocenters. The fourth-order valence-corrected chi connectivity index (χ4v) is 5.82. The van der Waals surface area contributed by atoms with Gasteiger partial charge < -0.3 is 9.47 Å². The summed E-state index contributed by atoms with van der Waals surface area (Å²) in [6.07, 6.45) is 4.42. The smallest absolute Gasteiger partial charge is 0.341 e. The fourth-order valence-electron chi connectivity index (χ4n) is 5.82. The van der Waals surface area contributed by atoms with Gasteiger partial charge in [-0.3, -0.25) is 4.68 Å². The van der Waals surface area contributed by atoms with Crippen LogP contribution in [0.1, 0.15) is 52.5 Å². The van der Waals surface area contributed by atoms with Gasteiger partial charge >= 0.3 is 5.97 Å². The molecular formula is C37H33N5O3. The van der Waals surface area contributed by atoms with Crippen LogP contribution in [0.4, 0.5) is 0 Å². The molecule has 0 spiro atoms. The first-order valence-corrected chi connectivity index (χ1v) is 15.2. The number of rotatable bonds is 10. The van der Waals surface area contributed by atoms with E-state index in [0.29, 0.717) is 18.8 Å². The molecule has 1 aliphatic carbocycles. The van der Waals surface area contributed by atoms with Crippen molar-refractivity contribution >= 4 is 5.97 Å². The van der Waals surface area contributed by atoms with Crippen LogP contribution in [-0.4, -0.2) is 37.4 Å². The first-order chi connectivity index (χ1) is 22.1. The average molecular weight is 596 g/mol. The molecule has 6 aromatic rings. The van der Waals surface area contributed by atoms with Crippen molar-refractivity contribution in [3.05, 3.63) is 138 Å². The van der Waals surface area contributed by atoms with Crippen molar-refractivity contribution in [2.24, 2.45) is 7.05 Å². The minimum absolute atomic E-state index is 0.0887. The fraction of sp³-hybridized carbons (Fsp3) is 0.189. The largest absolute Gasteiger partial charge is 0.489 e. The summed E-state index contributed by atoms with van der Waals surface area (Å²) in [5.41, 5.74) is 8.65. The number of ether oxygens (including phenoxy) is 2. The number of aromatic nitrogens is 5. The van der Waals surface area contributed by atoms with Gasteiger partial charge in [0.1, 0.15) is 17.9 Å². The Morgan fingerprint density at radius 1 is 0.844 bits per heavy atom. The van der Waals surface area contributed by atoms with Crippen LogP contribution in [-0.2, 0) is 18.4 Å². The van der Waals surface area contributed by atoms with Crippen molar-refractivity contribution in [2.45, 2.75) is 31.8 Å². The van der Waals surface area contributed by atoms with Gasteiger partial charge in [0.15, 0.2) is 0 Å². The van der Waals surface area contributed by atoms with Crippen LogP contribution >= 0.6 is 0 Å². The van der Waals surface area contributed by atoms with Gasteiger partial charge in [0, 0.05) is 25.1 Å². The summed E-state index contributed by atoms with van der Waals surface area (Å²) in [7, 11) is 1.86. The van der Waals surface area contributed by atoms with Crippen molar-refractivity contribution < 1.29 is 14.3 Å². The van der Waals surface area contributed by atoms with E-state index in [-0.39, 0.29) is 17.8 Å². The first kappa shape index (κ1) is 28.3. The lowest BCUT2D eigenvalue weighted by Crippen LogP contribution is -2.09. The first-order valence-electron chi connectivity index (χ1n) is 15.2. The number of hydrogen-bond donors (Lipinski definition) is 0. The highest BCUT2D eigenvalue weighted by Gasteiger charge is 2.46. The van der Waals surface area contributed by atoms with Crippen molar-refractivity contribution in [1.82, 2.24) is 24.8 Å². The minimum atomic E-state index is -0.362. The summed E-state index contributed by atoms with van der Waals surface area (Å²) in [4.78, 5) is 12.9. The summed E-state index contributed by atoms with van der Waals surface area (Å²) in [5.74, 6) is 0.693. The highest BCUT2D eigenvalue weighted by atomic mass is 16.5. The van der Waals surface area contributed by atoms with Gasteiger partial charge in [0.2, 0.25) is 0 Å². The minimum Gasteiger partial charge on any atom is -0.489 e. The molecule has 4 aromatic carbocycles. The molecule has 1 aliphatic rings. The van der Waals surface area contributed by atoms with Crippen LogP contribution in [0, 0.1) is 0 Å². The van der Waals surface area contributed by atoms with Gasteiger partial charge in [0.25, 0.3) is 0 Å². The van der Waals surface area contributed by atoms with E-state index in [4.69, 9.17) is 9.47 Å². The Hall–Kier alpha value is -5.50. The molecule has 224 valence electrons. The van der Waals surface area contributed by atoms with Crippen LogP contribution in [0.2, 0.25) is 0 Å². The topological polar surface area (TPSA) is 84.1 Å². The number of benzene rings is 4. The molecule has 0 unspecified atom stereocenters. The van der Waals surface area contributed by atoms with E-state index in [9.17, 15) is 4.79 Å². The predicted octanol–water partition coefficient (Wildman–Crippen LogP) is 7.36. The molecule has 0 amide bonds. The normalized spacial score (nSPS) is 15.5. The third-order valence-electron chi connectivity index (χ3n) is 8.17. The number of esters is 1. The summed E-state index contributed by atoms with van der Waals surface area (Å²) in [6, 6.07) is 35.1. The molecule has 1 fully saturated rings. The van der Waals surface area contributed by atoms with Gasteiger partial charge in [-0.05, 0) is 65.4 Å². The van der Waals surface area contributed by atoms with Gasteiger partial charge in [-0.1, -0.05) is 84.1 Å². The van der Waals surface area contributed by atoms with Gasteiger partial charge in [-0.2, -0.15) is 5.10 Å². The summed E-state index contributed by atoms with van der Waals surface area (Å²) < 4.78 is 15.2. The van der Waals surface area contributed by atoms with Crippen molar-refractivity contribution in [3.8, 4) is 33.7 Å². The van der Waals surface area contributed by atoms with Crippen LogP contribution in [0.3, 0.4) is 0 Å². The second-order valence-electron chi connectivity index (χ2n) is 11.3. The molecule has 2 heterocycles. The molecule has 0 saturated heterocycles. The molecule has 1 saturated carbocycles. The molecule has 0 radical (unpaired) electrons. The maximum absolute atomic E-state index is 12.9. The number of aryl methyl sites for hydroxylation is 1. The Bertz CT molecular complexity index is 1940. The lowest BCUT2D eigenvalue weighted by Gasteiger charge is -2.12. The predicted molar refractivity (Wildman–Crippen MR) is 172 cm³/mol. The van der Waals surface area contributed by atoms with E-state index in [1.165, 1.54) is 11.1 Å². The summed E-state index contributed by atoms with van der Waals surface area (Å²) in [5, 5.41) is 13.1. The third-order valence-corrected chi connectivity index (χ3v) is 8.17. The molecule has 7 rings (SSSR count). The molecule has 45 heavy (non-hydrogen) atoms. The number of nitrogens with zero attached hydrogens (tertiary/aromatic N) is 5. The van der Waals surface area contributed by atoms with E-state index in [1.54, 1.807) is 10.9 Å². The maximum Gasteiger partial charge on any atom is 0.341 e. The summed E-state index contributed by atoms with van der Waals surface area (Å²) in [6.45, 7) is 2.58. The van der Waals surface area contributed by atoms with Crippen LogP contribution in [0.5, 0.6) is 5.75 Å². The molecule has 8 heteroatoms. The van der Waals surface area contributed by atoms with E-state index in [0.717, 1.165) is 45.9 Å². The van der Waals surface area contributed by atoms with Crippen LogP contribution in [0.25, 0.3) is 27.9 Å². The van der Waals surface area contributed by atoms with E-state index >= 15 is 0 Å². The van der Waals surface area contributed by atoms with Crippen LogP contribution in [0.15, 0.2) is 116 Å². The van der Waals surface area contributed by atoms with E-state index in [1.807, 2.05) is 67.3 Å². The molecular weight excluding hydrogens is 562 g/mol. The lowest BCUT2D eigenvalue weighted by molar-refractivity contribution is 0.0525. The average Bonchev–Trinajstić information content (AvgIpc) is 3.53. The zero-order valence-electron chi connectivity index (χ0n) is 25.2. The van der Waals surface area contributed by atoms with Crippen molar-refractivity contribution in [3.63, 3.8) is 0 Å². The van der Waals surface area contributed by atoms with Gasteiger partial charge in [0.05, 0.1) is 29.9 Å². The summed E-state index contributed by atoms with van der Waals surface area (Å²) >= 11 is 0. The molecule has 0 bridgehead atoms.